The smallest absolute Gasteiger partial charge is 0.339 e. The molecular weight excluding hydrogens is 1070 g/mol. The molecular formula is C24H19I5O7S. The molecule has 6 rings (SSSR count). The molecule has 13 heteroatoms. The molecule has 2 atom stereocenters. The largest absolute Gasteiger partial charge is 0.455 e. The predicted octanol–water partition coefficient (Wildman–Crippen LogP) is 7.06. The molecule has 1 N–H and O–H groups in total. The summed E-state index contributed by atoms with van der Waals surface area (Å²) >= 11 is 10.2. The molecule has 4 fully saturated rings. The summed E-state index contributed by atoms with van der Waals surface area (Å²) in [4.78, 5) is 26.9. The molecule has 0 radical (unpaired) electrons. The molecule has 0 heterocycles. The standard InChI is InChI=1S/C24H19I5O7S/c25-13-2-15(19(29)16(26)3-13)21(30)36-24-8-11-1-12(9-24)7-23(6-11,10-24)22(31)35-14-4-17(27)20(18(28)5-14)37(32,33)34/h2-5,11-12H,1,6-10H2,(H,32,33,34). The minimum atomic E-state index is -4.40. The SMILES string of the molecule is O=C(OC12CC3CC(C1)CC(C(=O)Oc1cc(I)c(S(=O)(=O)O)c(I)c1)(C3)C2)c1cc(I)cc(I)c1I. The highest BCUT2D eigenvalue weighted by atomic mass is 127. The van der Waals surface area contributed by atoms with E-state index in [0.717, 1.165) is 30.0 Å². The number of rotatable bonds is 5. The maximum Gasteiger partial charge on any atom is 0.339 e. The minimum absolute atomic E-state index is 0.200. The topological polar surface area (TPSA) is 107 Å². The van der Waals surface area contributed by atoms with E-state index < -0.39 is 21.1 Å². The first kappa shape index (κ1) is 29.4. The maximum atomic E-state index is 13.7. The minimum Gasteiger partial charge on any atom is -0.455 e. The van der Waals surface area contributed by atoms with E-state index in [9.17, 15) is 22.6 Å². The van der Waals surface area contributed by atoms with Crippen LogP contribution in [-0.2, 0) is 19.6 Å². The van der Waals surface area contributed by atoms with Crippen LogP contribution in [0, 0.1) is 35.1 Å². The van der Waals surface area contributed by atoms with Gasteiger partial charge in [0.2, 0.25) is 0 Å². The molecule has 2 aromatic rings. The van der Waals surface area contributed by atoms with Gasteiger partial charge in [-0.05, 0) is 181 Å². The van der Waals surface area contributed by atoms with Gasteiger partial charge in [0.15, 0.2) is 0 Å². The predicted molar refractivity (Wildman–Crippen MR) is 177 cm³/mol. The van der Waals surface area contributed by atoms with Crippen LogP contribution in [0.25, 0.3) is 0 Å². The average Bonchev–Trinajstić information content (AvgIpc) is 2.73. The summed E-state index contributed by atoms with van der Waals surface area (Å²) in [6.45, 7) is 0. The summed E-state index contributed by atoms with van der Waals surface area (Å²) in [6, 6.07) is 6.75. The molecule has 7 nitrogen and oxygen atoms in total. The van der Waals surface area contributed by atoms with E-state index in [0.29, 0.717) is 24.8 Å². The fraction of sp³-hybridized carbons (Fsp3) is 0.417. The third-order valence-electron chi connectivity index (χ3n) is 7.40. The Kier molecular flexibility index (Phi) is 8.47. The van der Waals surface area contributed by atoms with Crippen LogP contribution in [0.4, 0.5) is 0 Å². The Morgan fingerprint density at radius 3 is 2.05 bits per heavy atom. The molecule has 4 bridgehead atoms. The summed E-state index contributed by atoms with van der Waals surface area (Å²) in [5.41, 5.74) is -0.907. The highest BCUT2D eigenvalue weighted by Gasteiger charge is 2.63. The lowest BCUT2D eigenvalue weighted by Crippen LogP contribution is -2.60. The van der Waals surface area contributed by atoms with Crippen LogP contribution in [0.1, 0.15) is 48.9 Å². The van der Waals surface area contributed by atoms with Crippen molar-refractivity contribution in [2.45, 2.75) is 49.0 Å². The lowest BCUT2D eigenvalue weighted by molar-refractivity contribution is -0.189. The highest BCUT2D eigenvalue weighted by molar-refractivity contribution is 14.1. The van der Waals surface area contributed by atoms with Gasteiger partial charge in [-0.15, -0.1) is 0 Å². The van der Waals surface area contributed by atoms with Crippen molar-refractivity contribution in [3.05, 3.63) is 47.7 Å². The average molecular weight is 1090 g/mol. The van der Waals surface area contributed by atoms with Gasteiger partial charge in [-0.3, -0.25) is 9.35 Å². The van der Waals surface area contributed by atoms with E-state index in [1.54, 1.807) is 0 Å². The quantitative estimate of drug-likeness (QED) is 0.113. The van der Waals surface area contributed by atoms with Gasteiger partial charge in [0.05, 0.1) is 11.0 Å². The van der Waals surface area contributed by atoms with E-state index in [1.807, 2.05) is 57.3 Å². The number of halogens is 5. The fourth-order valence-corrected chi connectivity index (χ4v) is 12.9. The van der Waals surface area contributed by atoms with E-state index in [1.165, 1.54) is 12.1 Å². The zero-order valence-electron chi connectivity index (χ0n) is 18.9. The van der Waals surface area contributed by atoms with Crippen molar-refractivity contribution in [3.63, 3.8) is 0 Å². The van der Waals surface area contributed by atoms with Crippen molar-refractivity contribution < 1.29 is 32.0 Å². The van der Waals surface area contributed by atoms with Crippen LogP contribution in [0.5, 0.6) is 5.75 Å². The lowest BCUT2D eigenvalue weighted by atomic mass is 9.48. The van der Waals surface area contributed by atoms with Gasteiger partial charge in [0.25, 0.3) is 10.1 Å². The van der Waals surface area contributed by atoms with Gasteiger partial charge in [-0.25, -0.2) is 4.79 Å². The second-order valence-corrected chi connectivity index (χ2v) is 17.3. The third kappa shape index (κ3) is 5.83. The van der Waals surface area contributed by atoms with E-state index in [-0.39, 0.29) is 41.6 Å². The van der Waals surface area contributed by atoms with Crippen molar-refractivity contribution in [3.8, 4) is 5.75 Å². The number of ether oxygens (including phenoxy) is 2. The molecule has 0 saturated heterocycles. The Balaban J connectivity index is 1.41. The Morgan fingerprint density at radius 1 is 0.892 bits per heavy atom. The zero-order chi connectivity index (χ0) is 26.9. The van der Waals surface area contributed by atoms with E-state index >= 15 is 0 Å². The van der Waals surface area contributed by atoms with Crippen molar-refractivity contribution in [2.24, 2.45) is 17.3 Å². The summed E-state index contributed by atoms with van der Waals surface area (Å²) in [5, 5.41) is 0. The lowest BCUT2D eigenvalue weighted by Gasteiger charge is -2.59. The summed E-state index contributed by atoms with van der Waals surface area (Å²) in [7, 11) is -4.40. The van der Waals surface area contributed by atoms with E-state index in [2.05, 4.69) is 67.8 Å². The van der Waals surface area contributed by atoms with Crippen LogP contribution < -0.4 is 4.74 Å². The number of carbonyl (C=O) groups is 2. The molecule has 0 aromatic heterocycles. The fourth-order valence-electron chi connectivity index (χ4n) is 6.55. The number of benzene rings is 2. The first-order chi connectivity index (χ1) is 17.2. The number of esters is 2. The Bertz CT molecular complexity index is 1400. The van der Waals surface area contributed by atoms with Crippen molar-refractivity contribution in [1.29, 1.82) is 0 Å². The molecule has 4 saturated carbocycles. The molecule has 2 aromatic carbocycles. The van der Waals surface area contributed by atoms with Crippen LogP contribution in [0.2, 0.25) is 0 Å². The van der Waals surface area contributed by atoms with Crippen LogP contribution in [-0.4, -0.2) is 30.5 Å². The van der Waals surface area contributed by atoms with Gasteiger partial charge in [-0.1, -0.05) is 0 Å². The van der Waals surface area contributed by atoms with Crippen LogP contribution in [0.15, 0.2) is 29.2 Å². The Morgan fingerprint density at radius 2 is 1.49 bits per heavy atom. The van der Waals surface area contributed by atoms with Gasteiger partial charge < -0.3 is 9.47 Å². The second kappa shape index (κ2) is 10.6. The third-order valence-corrected chi connectivity index (χ3v) is 14.5. The molecule has 4 aliphatic rings. The maximum absolute atomic E-state index is 13.7. The number of hydrogen-bond donors (Lipinski definition) is 1. The molecule has 0 spiro atoms. The van der Waals surface area contributed by atoms with Crippen molar-refractivity contribution in [2.75, 3.05) is 0 Å². The first-order valence-corrected chi connectivity index (χ1v) is 18.1. The van der Waals surface area contributed by atoms with Gasteiger partial charge in [0, 0.05) is 24.3 Å². The summed E-state index contributed by atoms with van der Waals surface area (Å²) in [6.07, 6.45) is 4.33. The molecule has 4 aliphatic carbocycles. The van der Waals surface area contributed by atoms with Crippen LogP contribution in [0.3, 0.4) is 0 Å². The number of carbonyl (C=O) groups excluding carboxylic acids is 2. The van der Waals surface area contributed by atoms with E-state index in [4.69, 9.17) is 9.47 Å². The molecule has 0 aliphatic heterocycles. The van der Waals surface area contributed by atoms with Crippen LogP contribution >= 0.6 is 113 Å². The second-order valence-electron chi connectivity index (χ2n) is 10.1. The number of hydrogen-bond acceptors (Lipinski definition) is 6. The van der Waals surface area contributed by atoms with Crippen molar-refractivity contribution >= 4 is 135 Å². The van der Waals surface area contributed by atoms with Gasteiger partial charge in [0.1, 0.15) is 16.2 Å². The molecule has 0 amide bonds. The monoisotopic (exact) mass is 1090 g/mol. The molecule has 2 unspecified atom stereocenters. The zero-order valence-corrected chi connectivity index (χ0v) is 30.5. The Labute approximate surface area is 282 Å². The first-order valence-electron chi connectivity index (χ1n) is 11.3. The van der Waals surface area contributed by atoms with Gasteiger partial charge >= 0.3 is 11.9 Å². The molecule has 37 heavy (non-hydrogen) atoms. The summed E-state index contributed by atoms with van der Waals surface area (Å²) < 4.78 is 48.4. The Hall–Kier alpha value is 0.940. The normalized spacial score (nSPS) is 28.3. The molecule has 198 valence electrons. The summed E-state index contributed by atoms with van der Waals surface area (Å²) in [5.74, 6) is 0.0663. The van der Waals surface area contributed by atoms with Crippen molar-refractivity contribution in [1.82, 2.24) is 0 Å². The van der Waals surface area contributed by atoms with Gasteiger partial charge in [-0.2, -0.15) is 8.42 Å². The highest BCUT2D eigenvalue weighted by Crippen LogP contribution is 2.63.